The Morgan fingerprint density at radius 1 is 1.30 bits per heavy atom. The molecule has 0 atom stereocenters. The predicted octanol–water partition coefficient (Wildman–Crippen LogP) is 3.54. The van der Waals surface area contributed by atoms with Gasteiger partial charge < -0.3 is 5.32 Å². The summed E-state index contributed by atoms with van der Waals surface area (Å²) in [5.74, 6) is 5.98. The molecule has 2 rings (SSSR count). The molecule has 0 radical (unpaired) electrons. The van der Waals surface area contributed by atoms with Crippen LogP contribution in [-0.2, 0) is 0 Å². The number of nitrogens with one attached hydrogen (secondary N) is 1. The lowest BCUT2D eigenvalue weighted by Gasteiger charge is -2.17. The van der Waals surface area contributed by atoms with Crippen molar-refractivity contribution in [2.24, 2.45) is 5.84 Å². The lowest BCUT2D eigenvalue weighted by Crippen LogP contribution is -2.31. The van der Waals surface area contributed by atoms with Crippen LogP contribution in [0.3, 0.4) is 0 Å². The maximum Gasteiger partial charge on any atom is 0.285 e. The standard InChI is InChI=1S/C15H15ClN4O2S/c1-10(21)13-7-6-11(8-18-13)20(17)9-23-15(22)19-14-5-3-2-4-12(14)16/h2-8H,9,17H2,1H3,(H,19,22). The molecule has 0 aliphatic carbocycles. The van der Waals surface area contributed by atoms with Gasteiger partial charge in [-0.3, -0.25) is 19.6 Å². The van der Waals surface area contributed by atoms with E-state index in [1.807, 2.05) is 0 Å². The zero-order valence-electron chi connectivity index (χ0n) is 12.3. The third kappa shape index (κ3) is 4.95. The Morgan fingerprint density at radius 3 is 2.65 bits per heavy atom. The number of nitrogens with two attached hydrogens (primary N) is 1. The van der Waals surface area contributed by atoms with Crippen LogP contribution < -0.4 is 16.2 Å². The Kier molecular flexibility index (Phi) is 5.97. The molecule has 1 aromatic carbocycles. The fraction of sp³-hybridized carbons (Fsp3) is 0.133. The summed E-state index contributed by atoms with van der Waals surface area (Å²) in [5.41, 5.74) is 1.52. The van der Waals surface area contributed by atoms with E-state index >= 15 is 0 Å². The summed E-state index contributed by atoms with van der Waals surface area (Å²) in [7, 11) is 0. The van der Waals surface area contributed by atoms with Gasteiger partial charge in [0.15, 0.2) is 5.78 Å². The van der Waals surface area contributed by atoms with Crippen molar-refractivity contribution in [2.45, 2.75) is 6.92 Å². The van der Waals surface area contributed by atoms with Gasteiger partial charge in [0.05, 0.1) is 28.5 Å². The maximum atomic E-state index is 11.9. The number of nitrogens with zero attached hydrogens (tertiary/aromatic N) is 2. The SMILES string of the molecule is CC(=O)c1ccc(N(N)CSC(=O)Nc2ccccc2Cl)cn1. The molecule has 120 valence electrons. The first-order valence-electron chi connectivity index (χ1n) is 6.65. The molecule has 23 heavy (non-hydrogen) atoms. The predicted molar refractivity (Wildman–Crippen MR) is 93.8 cm³/mol. The monoisotopic (exact) mass is 350 g/mol. The van der Waals surface area contributed by atoms with E-state index in [1.54, 1.807) is 36.4 Å². The Balaban J connectivity index is 1.88. The minimum atomic E-state index is -0.276. The summed E-state index contributed by atoms with van der Waals surface area (Å²) < 4.78 is 0. The van der Waals surface area contributed by atoms with Crippen LogP contribution in [-0.4, -0.2) is 21.9 Å². The highest BCUT2D eigenvalue weighted by atomic mass is 35.5. The smallest absolute Gasteiger partial charge is 0.285 e. The van der Waals surface area contributed by atoms with Crippen molar-refractivity contribution in [1.29, 1.82) is 0 Å². The molecule has 0 spiro atoms. The fourth-order valence-electron chi connectivity index (χ4n) is 1.68. The van der Waals surface area contributed by atoms with Gasteiger partial charge in [-0.15, -0.1) is 0 Å². The summed E-state index contributed by atoms with van der Waals surface area (Å²) in [6, 6.07) is 10.2. The molecule has 0 fully saturated rings. The third-order valence-electron chi connectivity index (χ3n) is 2.89. The number of Topliss-reactive ketones (excluding diaryl/α,β-unsaturated/α-hetero) is 1. The van der Waals surface area contributed by atoms with E-state index in [9.17, 15) is 9.59 Å². The number of ketones is 1. The van der Waals surface area contributed by atoms with E-state index in [1.165, 1.54) is 18.1 Å². The average molecular weight is 351 g/mol. The molecule has 0 aliphatic heterocycles. The molecule has 2 aromatic rings. The van der Waals surface area contributed by atoms with Crippen molar-refractivity contribution in [3.63, 3.8) is 0 Å². The van der Waals surface area contributed by atoms with Gasteiger partial charge in [-0.2, -0.15) is 0 Å². The first kappa shape index (κ1) is 17.3. The molecule has 6 nitrogen and oxygen atoms in total. The second kappa shape index (κ2) is 7.96. The van der Waals surface area contributed by atoms with Crippen molar-refractivity contribution in [2.75, 3.05) is 16.2 Å². The van der Waals surface area contributed by atoms with Crippen LogP contribution in [0.25, 0.3) is 0 Å². The number of hydrazine groups is 1. The number of halogens is 1. The lowest BCUT2D eigenvalue weighted by molar-refractivity contribution is 0.101. The van der Waals surface area contributed by atoms with Crippen LogP contribution >= 0.6 is 23.4 Å². The molecule has 0 unspecified atom stereocenters. The molecule has 0 saturated carbocycles. The van der Waals surface area contributed by atoms with E-state index in [0.29, 0.717) is 22.1 Å². The number of rotatable bonds is 5. The zero-order valence-corrected chi connectivity index (χ0v) is 13.9. The van der Waals surface area contributed by atoms with Crippen LogP contribution in [0, 0.1) is 0 Å². The van der Waals surface area contributed by atoms with Crippen molar-refractivity contribution in [3.8, 4) is 0 Å². The first-order valence-corrected chi connectivity index (χ1v) is 8.01. The minimum absolute atomic E-state index is 0.117. The lowest BCUT2D eigenvalue weighted by atomic mass is 10.2. The number of anilines is 2. The molecule has 8 heteroatoms. The second-order valence-corrected chi connectivity index (χ2v) is 5.92. The Bertz CT molecular complexity index is 709. The summed E-state index contributed by atoms with van der Waals surface area (Å²) in [5, 5.41) is 4.25. The van der Waals surface area contributed by atoms with Crippen LogP contribution in [0.5, 0.6) is 0 Å². The Labute approximate surface area is 143 Å². The first-order chi connectivity index (χ1) is 11.0. The van der Waals surface area contributed by atoms with Crippen LogP contribution in [0.1, 0.15) is 17.4 Å². The molecule has 1 amide bonds. The van der Waals surface area contributed by atoms with E-state index in [4.69, 9.17) is 17.4 Å². The number of hydrogen-bond acceptors (Lipinski definition) is 6. The third-order valence-corrected chi connectivity index (χ3v) is 3.99. The van der Waals surface area contributed by atoms with Gasteiger partial charge in [0.2, 0.25) is 0 Å². The number of carbonyl (C=O) groups excluding carboxylic acids is 2. The molecular formula is C15H15ClN4O2S. The average Bonchev–Trinajstić information content (AvgIpc) is 2.55. The van der Waals surface area contributed by atoms with Crippen molar-refractivity contribution in [1.82, 2.24) is 4.98 Å². The van der Waals surface area contributed by atoms with Crippen molar-refractivity contribution in [3.05, 3.63) is 53.3 Å². The molecule has 0 saturated heterocycles. The number of benzene rings is 1. The molecule has 0 aliphatic rings. The number of carbonyl (C=O) groups is 2. The minimum Gasteiger partial charge on any atom is -0.315 e. The second-order valence-electron chi connectivity index (χ2n) is 4.59. The van der Waals surface area contributed by atoms with Crippen molar-refractivity contribution < 1.29 is 9.59 Å². The number of hydrogen-bond donors (Lipinski definition) is 2. The van der Waals surface area contributed by atoms with Gasteiger partial charge in [0.1, 0.15) is 5.69 Å². The molecule has 1 aromatic heterocycles. The van der Waals surface area contributed by atoms with Crippen LogP contribution in [0.2, 0.25) is 5.02 Å². The number of pyridine rings is 1. The van der Waals surface area contributed by atoms with Gasteiger partial charge in [0, 0.05) is 6.92 Å². The highest BCUT2D eigenvalue weighted by Crippen LogP contribution is 2.22. The van der Waals surface area contributed by atoms with Gasteiger partial charge in [-0.1, -0.05) is 23.7 Å². The molecule has 1 heterocycles. The van der Waals surface area contributed by atoms with E-state index in [2.05, 4.69) is 10.3 Å². The maximum absolute atomic E-state index is 11.9. The van der Waals surface area contributed by atoms with Crippen molar-refractivity contribution >= 4 is 45.8 Å². The number of para-hydroxylation sites is 1. The number of aromatic nitrogens is 1. The van der Waals surface area contributed by atoms with E-state index in [0.717, 1.165) is 11.8 Å². The molecule has 3 N–H and O–H groups in total. The largest absolute Gasteiger partial charge is 0.315 e. The summed E-state index contributed by atoms with van der Waals surface area (Å²) >= 11 is 6.96. The van der Waals surface area contributed by atoms with Gasteiger partial charge >= 0.3 is 0 Å². The number of amides is 1. The van der Waals surface area contributed by atoms with Crippen LogP contribution in [0.4, 0.5) is 16.2 Å². The van der Waals surface area contributed by atoms with E-state index < -0.39 is 0 Å². The normalized spacial score (nSPS) is 10.2. The topological polar surface area (TPSA) is 88.3 Å². The Morgan fingerprint density at radius 2 is 2.04 bits per heavy atom. The van der Waals surface area contributed by atoms with Gasteiger partial charge in [-0.05, 0) is 36.0 Å². The summed E-state index contributed by atoms with van der Waals surface area (Å²) in [4.78, 5) is 27.1. The summed E-state index contributed by atoms with van der Waals surface area (Å²) in [6.07, 6.45) is 1.49. The summed E-state index contributed by atoms with van der Waals surface area (Å²) in [6.45, 7) is 1.44. The number of thioether (sulfide) groups is 1. The van der Waals surface area contributed by atoms with E-state index in [-0.39, 0.29) is 16.9 Å². The van der Waals surface area contributed by atoms with Crippen LogP contribution in [0.15, 0.2) is 42.6 Å². The molecular weight excluding hydrogens is 336 g/mol. The fourth-order valence-corrected chi connectivity index (χ4v) is 2.45. The highest BCUT2D eigenvalue weighted by molar-refractivity contribution is 8.13. The van der Waals surface area contributed by atoms with Gasteiger partial charge in [-0.25, -0.2) is 5.84 Å². The molecule has 0 bridgehead atoms. The Hall–Kier alpha value is -2.09. The highest BCUT2D eigenvalue weighted by Gasteiger charge is 2.10. The quantitative estimate of drug-likeness (QED) is 0.371. The van der Waals surface area contributed by atoms with Gasteiger partial charge in [0.25, 0.3) is 5.24 Å². The zero-order chi connectivity index (χ0) is 16.8.